The van der Waals surface area contributed by atoms with Crippen LogP contribution < -0.4 is 0 Å². The zero-order chi connectivity index (χ0) is 22.1. The zero-order valence-corrected chi connectivity index (χ0v) is 20.9. The Kier molecular flexibility index (Phi) is 9.93. The smallest absolute Gasteiger partial charge is 0.237 e. The molecule has 9 heteroatoms. The largest absolute Gasteiger partial charge is 0.316 e. The first-order chi connectivity index (χ1) is 15.1. The number of thioether (sulfide) groups is 2. The van der Waals surface area contributed by atoms with E-state index in [-0.39, 0.29) is 11.8 Å². The van der Waals surface area contributed by atoms with Gasteiger partial charge in [0.15, 0.2) is 8.68 Å². The molecule has 0 fully saturated rings. The third-order valence-corrected chi connectivity index (χ3v) is 8.65. The first-order valence-electron chi connectivity index (χ1n) is 11.2. The van der Waals surface area contributed by atoms with Crippen LogP contribution in [0.2, 0.25) is 0 Å². The van der Waals surface area contributed by atoms with Crippen LogP contribution in [0.15, 0.2) is 32.2 Å². The number of carbonyl (C=O) groups excluding carboxylic acids is 2. The summed E-state index contributed by atoms with van der Waals surface area (Å²) in [5.74, 6) is 0.974. The van der Waals surface area contributed by atoms with Crippen molar-refractivity contribution in [1.82, 2.24) is 20.0 Å². The average Bonchev–Trinajstić information content (AvgIpc) is 3.27. The van der Waals surface area contributed by atoms with Gasteiger partial charge in [-0.2, -0.15) is 0 Å². The van der Waals surface area contributed by atoms with E-state index in [0.29, 0.717) is 24.6 Å². The molecule has 1 aromatic heterocycles. The quantitative estimate of drug-likeness (QED) is 0.421. The van der Waals surface area contributed by atoms with Crippen molar-refractivity contribution in [3.8, 4) is 0 Å². The van der Waals surface area contributed by atoms with Crippen molar-refractivity contribution in [3.63, 3.8) is 0 Å². The van der Waals surface area contributed by atoms with Gasteiger partial charge in [0.05, 0.1) is 11.5 Å². The molecule has 0 aromatic carbocycles. The van der Waals surface area contributed by atoms with Crippen molar-refractivity contribution in [2.45, 2.75) is 73.9 Å². The van der Waals surface area contributed by atoms with E-state index in [2.05, 4.69) is 22.3 Å². The Bertz CT molecular complexity index is 757. The zero-order valence-electron chi connectivity index (χ0n) is 18.5. The molecule has 1 heterocycles. The summed E-state index contributed by atoms with van der Waals surface area (Å²) in [6, 6.07) is 0. The van der Waals surface area contributed by atoms with Crippen LogP contribution in [0, 0.1) is 0 Å². The normalized spacial score (nSPS) is 16.5. The number of allylic oxidation sites excluding steroid dienone is 4. The molecular weight excluding hydrogens is 448 g/mol. The molecule has 3 rings (SSSR count). The Balaban J connectivity index is 1.47. The molecular formula is C22H32N4O2S3. The summed E-state index contributed by atoms with van der Waals surface area (Å²) in [6.45, 7) is 5.46. The summed E-state index contributed by atoms with van der Waals surface area (Å²) in [7, 11) is 0. The topological polar surface area (TPSA) is 66.4 Å². The molecule has 0 saturated carbocycles. The summed E-state index contributed by atoms with van der Waals surface area (Å²) in [5.41, 5.74) is 2.33. The molecule has 0 aliphatic heterocycles. The Morgan fingerprint density at radius 1 is 0.839 bits per heavy atom. The maximum absolute atomic E-state index is 12.7. The lowest BCUT2D eigenvalue weighted by Gasteiger charge is -2.26. The van der Waals surface area contributed by atoms with E-state index in [1.54, 1.807) is 0 Å². The lowest BCUT2D eigenvalue weighted by Crippen LogP contribution is -2.32. The van der Waals surface area contributed by atoms with Crippen LogP contribution in [0.3, 0.4) is 0 Å². The van der Waals surface area contributed by atoms with Gasteiger partial charge in [0, 0.05) is 24.5 Å². The van der Waals surface area contributed by atoms with Crippen molar-refractivity contribution in [2.75, 3.05) is 24.6 Å². The molecule has 170 valence electrons. The summed E-state index contributed by atoms with van der Waals surface area (Å²) in [5, 5.41) is 8.42. The molecule has 2 aliphatic carbocycles. The second kappa shape index (κ2) is 12.6. The van der Waals surface area contributed by atoms with E-state index in [4.69, 9.17) is 0 Å². The third-order valence-electron chi connectivity index (χ3n) is 5.49. The van der Waals surface area contributed by atoms with Crippen molar-refractivity contribution < 1.29 is 9.59 Å². The fourth-order valence-corrected chi connectivity index (χ4v) is 6.70. The van der Waals surface area contributed by atoms with E-state index < -0.39 is 0 Å². The van der Waals surface area contributed by atoms with Crippen LogP contribution >= 0.6 is 34.9 Å². The van der Waals surface area contributed by atoms with Gasteiger partial charge in [-0.25, -0.2) is 0 Å². The second-order valence-corrected chi connectivity index (χ2v) is 11.0. The first kappa shape index (κ1) is 24.3. The van der Waals surface area contributed by atoms with Gasteiger partial charge in [0.25, 0.3) is 0 Å². The third kappa shape index (κ3) is 7.08. The number of nitrogens with zero attached hydrogens (tertiary/aromatic N) is 4. The van der Waals surface area contributed by atoms with E-state index in [9.17, 15) is 9.59 Å². The minimum atomic E-state index is 0.125. The highest BCUT2D eigenvalue weighted by atomic mass is 32.2. The molecule has 6 nitrogen and oxygen atoms in total. The Morgan fingerprint density at radius 3 is 1.65 bits per heavy atom. The van der Waals surface area contributed by atoms with Gasteiger partial charge in [0.1, 0.15) is 0 Å². The van der Waals surface area contributed by atoms with Gasteiger partial charge in [0.2, 0.25) is 11.8 Å². The molecule has 0 N–H and O–H groups in total. The first-order valence-corrected chi connectivity index (χ1v) is 14.0. The second-order valence-electron chi connectivity index (χ2n) is 7.57. The lowest BCUT2D eigenvalue weighted by atomic mass is 10.0. The molecule has 0 unspecified atom stereocenters. The molecule has 1 aromatic rings. The maximum Gasteiger partial charge on any atom is 0.237 e. The lowest BCUT2D eigenvalue weighted by molar-refractivity contribution is -0.127. The fraction of sp³-hybridized carbons (Fsp3) is 0.636. The maximum atomic E-state index is 12.7. The van der Waals surface area contributed by atoms with Crippen molar-refractivity contribution in [3.05, 3.63) is 23.5 Å². The van der Waals surface area contributed by atoms with Crippen molar-refractivity contribution in [1.29, 1.82) is 0 Å². The van der Waals surface area contributed by atoms with Crippen LogP contribution in [-0.4, -0.2) is 56.4 Å². The Morgan fingerprint density at radius 2 is 1.29 bits per heavy atom. The van der Waals surface area contributed by atoms with Gasteiger partial charge in [-0.05, 0) is 65.2 Å². The SMILES string of the molecule is CCN(C(=O)CSc1nnc(SCC(=O)N(CC)C2=CCCCC2)s1)C1=CCCCC1. The van der Waals surface area contributed by atoms with Gasteiger partial charge in [-0.15, -0.1) is 10.2 Å². The molecule has 31 heavy (non-hydrogen) atoms. The molecule has 0 spiro atoms. The van der Waals surface area contributed by atoms with E-state index in [1.165, 1.54) is 59.1 Å². The number of amides is 2. The van der Waals surface area contributed by atoms with Crippen LogP contribution in [0.4, 0.5) is 0 Å². The van der Waals surface area contributed by atoms with Gasteiger partial charge < -0.3 is 9.80 Å². The van der Waals surface area contributed by atoms with E-state index in [0.717, 1.165) is 47.2 Å². The molecule has 0 bridgehead atoms. The Labute approximate surface area is 197 Å². The predicted molar refractivity (Wildman–Crippen MR) is 129 cm³/mol. The average molecular weight is 481 g/mol. The number of carbonyl (C=O) groups is 2. The summed E-state index contributed by atoms with van der Waals surface area (Å²) in [6.07, 6.45) is 13.3. The molecule has 2 aliphatic rings. The van der Waals surface area contributed by atoms with E-state index in [1.807, 2.05) is 23.6 Å². The van der Waals surface area contributed by atoms with Crippen LogP contribution in [-0.2, 0) is 9.59 Å². The highest BCUT2D eigenvalue weighted by molar-refractivity contribution is 8.03. The number of rotatable bonds is 10. The highest BCUT2D eigenvalue weighted by Gasteiger charge is 2.20. The molecule has 2 amide bonds. The summed E-state index contributed by atoms with van der Waals surface area (Å²) < 4.78 is 1.55. The van der Waals surface area contributed by atoms with Gasteiger partial charge >= 0.3 is 0 Å². The van der Waals surface area contributed by atoms with Crippen molar-refractivity contribution >= 4 is 46.7 Å². The van der Waals surface area contributed by atoms with Crippen LogP contribution in [0.5, 0.6) is 0 Å². The minimum absolute atomic E-state index is 0.125. The van der Waals surface area contributed by atoms with Gasteiger partial charge in [-0.1, -0.05) is 47.0 Å². The summed E-state index contributed by atoms with van der Waals surface area (Å²) in [4.78, 5) is 29.2. The molecule has 0 radical (unpaired) electrons. The fourth-order valence-electron chi connectivity index (χ4n) is 3.93. The predicted octanol–water partition coefficient (Wildman–Crippen LogP) is 5.34. The Hall–Kier alpha value is -1.32. The van der Waals surface area contributed by atoms with Crippen molar-refractivity contribution in [2.24, 2.45) is 0 Å². The summed E-state index contributed by atoms with van der Waals surface area (Å²) >= 11 is 4.33. The molecule has 0 atom stereocenters. The number of aromatic nitrogens is 2. The standard InChI is InChI=1S/C22H32N4O2S3/c1-3-25(17-11-7-5-8-12-17)19(27)15-29-21-23-24-22(31-21)30-16-20(28)26(4-2)18-13-9-6-10-14-18/h11,13H,3-10,12,14-16H2,1-2H3. The molecule has 0 saturated heterocycles. The van der Waals surface area contributed by atoms with Crippen LogP contribution in [0.1, 0.15) is 65.2 Å². The highest BCUT2D eigenvalue weighted by Crippen LogP contribution is 2.30. The number of hydrogen-bond acceptors (Lipinski definition) is 7. The van der Waals surface area contributed by atoms with Crippen LogP contribution in [0.25, 0.3) is 0 Å². The monoisotopic (exact) mass is 480 g/mol. The number of hydrogen-bond donors (Lipinski definition) is 0. The van der Waals surface area contributed by atoms with E-state index >= 15 is 0 Å². The van der Waals surface area contributed by atoms with Gasteiger partial charge in [-0.3, -0.25) is 9.59 Å². The minimum Gasteiger partial charge on any atom is -0.316 e.